The molecule has 1 amide bonds. The largest absolute Gasteiger partial charge is 0.484 e. The summed E-state index contributed by atoms with van der Waals surface area (Å²) in [5, 5.41) is 14.2. The summed E-state index contributed by atoms with van der Waals surface area (Å²) < 4.78 is 11.6. The zero-order valence-electron chi connectivity index (χ0n) is 19.4. The smallest absolute Gasteiger partial charge is 0.238 e. The lowest BCUT2D eigenvalue weighted by Crippen LogP contribution is -2.53. The first-order chi connectivity index (χ1) is 16.7. The van der Waals surface area contributed by atoms with Crippen LogP contribution in [0.25, 0.3) is 0 Å². The number of rotatable bonds is 6. The van der Waals surface area contributed by atoms with Crippen molar-refractivity contribution in [2.45, 2.75) is 26.1 Å². The highest BCUT2D eigenvalue weighted by Crippen LogP contribution is 2.51. The number of ether oxygens (including phenoxy) is 2. The summed E-state index contributed by atoms with van der Waals surface area (Å²) in [7, 11) is 0. The Labute approximate surface area is 224 Å². The summed E-state index contributed by atoms with van der Waals surface area (Å²) in [5.74, 6) is 0.375. The van der Waals surface area contributed by atoms with E-state index in [9.17, 15) is 9.90 Å². The van der Waals surface area contributed by atoms with Crippen molar-refractivity contribution in [1.29, 1.82) is 0 Å². The van der Waals surface area contributed by atoms with Crippen LogP contribution >= 0.6 is 46.4 Å². The lowest BCUT2D eigenvalue weighted by atomic mass is 10.1. The number of aliphatic hydroxyl groups excluding tert-OH is 1. The minimum Gasteiger partial charge on any atom is -0.484 e. The summed E-state index contributed by atoms with van der Waals surface area (Å²) >= 11 is 24.7. The normalized spacial score (nSPS) is 19.5. The van der Waals surface area contributed by atoms with Gasteiger partial charge in [-0.15, -0.1) is 0 Å². The molecule has 0 aliphatic carbocycles. The van der Waals surface area contributed by atoms with Gasteiger partial charge in [0, 0.05) is 38.4 Å². The first kappa shape index (κ1) is 26.6. The number of hydrogen-bond donors (Lipinski definition) is 2. The van der Waals surface area contributed by atoms with Crippen LogP contribution in [0.2, 0.25) is 20.1 Å². The van der Waals surface area contributed by atoms with Gasteiger partial charge in [-0.2, -0.15) is 0 Å². The second-order valence-corrected chi connectivity index (χ2v) is 10.4. The van der Waals surface area contributed by atoms with E-state index < -0.39 is 12.2 Å². The molecule has 0 bridgehead atoms. The molecule has 0 aromatic heterocycles. The van der Waals surface area contributed by atoms with Crippen molar-refractivity contribution in [1.82, 2.24) is 9.80 Å². The number of piperazine rings is 1. The van der Waals surface area contributed by atoms with Gasteiger partial charge in [-0.05, 0) is 25.0 Å². The van der Waals surface area contributed by atoms with Crippen molar-refractivity contribution >= 4 is 58.0 Å². The maximum atomic E-state index is 12.6. The van der Waals surface area contributed by atoms with Gasteiger partial charge in [-0.3, -0.25) is 14.6 Å². The van der Waals surface area contributed by atoms with Crippen molar-refractivity contribution in [3.05, 3.63) is 49.4 Å². The van der Waals surface area contributed by atoms with Crippen molar-refractivity contribution < 1.29 is 19.4 Å². The molecule has 2 heterocycles. The molecular formula is C24H27Cl4N3O4. The van der Waals surface area contributed by atoms with Gasteiger partial charge < -0.3 is 19.9 Å². The Morgan fingerprint density at radius 2 is 1.57 bits per heavy atom. The molecule has 0 radical (unpaired) electrons. The van der Waals surface area contributed by atoms with Crippen LogP contribution in [0.3, 0.4) is 0 Å². The Morgan fingerprint density at radius 1 is 1.00 bits per heavy atom. The van der Waals surface area contributed by atoms with E-state index in [1.165, 1.54) is 0 Å². The quantitative estimate of drug-likeness (QED) is 0.393. The van der Waals surface area contributed by atoms with Crippen LogP contribution in [0.5, 0.6) is 11.5 Å². The number of β-amino-alcohol motifs (C(OH)–C–C–N with tert-alkyl or cyclic N) is 1. The summed E-state index contributed by atoms with van der Waals surface area (Å²) in [5.41, 5.74) is 2.96. The number of fused-ring (bicyclic) bond motifs is 1. The lowest BCUT2D eigenvalue weighted by molar-refractivity contribution is -0.117. The fraction of sp³-hybridized carbons (Fsp3) is 0.458. The topological polar surface area (TPSA) is 74.3 Å². The van der Waals surface area contributed by atoms with Crippen LogP contribution in [-0.2, 0) is 4.79 Å². The molecule has 35 heavy (non-hydrogen) atoms. The molecule has 0 saturated carbocycles. The highest BCUT2D eigenvalue weighted by molar-refractivity contribution is 6.53. The Morgan fingerprint density at radius 3 is 2.20 bits per heavy atom. The summed E-state index contributed by atoms with van der Waals surface area (Å²) in [4.78, 5) is 16.8. The summed E-state index contributed by atoms with van der Waals surface area (Å²) in [6, 6.07) is 5.95. The van der Waals surface area contributed by atoms with Gasteiger partial charge in [0.15, 0.2) is 17.6 Å². The van der Waals surface area contributed by atoms with Gasteiger partial charge >= 0.3 is 0 Å². The third kappa shape index (κ3) is 5.93. The van der Waals surface area contributed by atoms with Crippen LogP contribution in [0.4, 0.5) is 5.69 Å². The lowest BCUT2D eigenvalue weighted by Gasteiger charge is -2.37. The number of aliphatic hydroxyl groups is 1. The van der Waals surface area contributed by atoms with Gasteiger partial charge in [0.2, 0.25) is 5.91 Å². The first-order valence-electron chi connectivity index (χ1n) is 11.3. The minimum absolute atomic E-state index is 0.0309. The number of amides is 1. The standard InChI is InChI=1S/C24H27Cl4N3O4/c1-13-4-3-5-14(2)22(13)29-17(33)11-31-8-6-30(7-9-31)10-15(32)16-12-34-23-20(27)18(25)19(26)21(28)24(23)35-16/h3-5,15-16,32H,6-12H2,1-2H3,(H,29,33). The fourth-order valence-electron chi connectivity index (χ4n) is 4.27. The highest BCUT2D eigenvalue weighted by Gasteiger charge is 2.34. The van der Waals surface area contributed by atoms with Crippen molar-refractivity contribution in [2.75, 3.05) is 51.2 Å². The molecule has 2 atom stereocenters. The van der Waals surface area contributed by atoms with Crippen LogP contribution in [0.1, 0.15) is 11.1 Å². The van der Waals surface area contributed by atoms with Gasteiger partial charge in [0.25, 0.3) is 0 Å². The predicted molar refractivity (Wildman–Crippen MR) is 140 cm³/mol. The van der Waals surface area contributed by atoms with E-state index in [4.69, 9.17) is 55.9 Å². The zero-order chi connectivity index (χ0) is 25.3. The highest BCUT2D eigenvalue weighted by atomic mass is 35.5. The fourth-order valence-corrected chi connectivity index (χ4v) is 5.19. The number of aryl methyl sites for hydroxylation is 2. The molecule has 2 unspecified atom stereocenters. The number of para-hydroxylation sites is 1. The Bertz CT molecular complexity index is 1090. The third-order valence-electron chi connectivity index (χ3n) is 6.30. The van der Waals surface area contributed by atoms with E-state index in [0.29, 0.717) is 39.3 Å². The average Bonchev–Trinajstić information content (AvgIpc) is 2.84. The molecule has 7 nitrogen and oxygen atoms in total. The van der Waals surface area contributed by atoms with Crippen molar-refractivity contribution in [2.24, 2.45) is 0 Å². The molecule has 190 valence electrons. The molecule has 1 fully saturated rings. The molecule has 2 aromatic carbocycles. The summed E-state index contributed by atoms with van der Waals surface area (Å²) in [6.07, 6.45) is -1.47. The van der Waals surface area contributed by atoms with E-state index >= 15 is 0 Å². The van der Waals surface area contributed by atoms with E-state index in [1.54, 1.807) is 0 Å². The van der Waals surface area contributed by atoms with E-state index in [2.05, 4.69) is 15.1 Å². The van der Waals surface area contributed by atoms with Gasteiger partial charge in [0.05, 0.1) is 16.6 Å². The number of carbonyl (C=O) groups is 1. The molecule has 2 aliphatic heterocycles. The second-order valence-electron chi connectivity index (χ2n) is 8.84. The monoisotopic (exact) mass is 561 g/mol. The summed E-state index contributed by atoms with van der Waals surface area (Å²) in [6.45, 7) is 7.64. The number of benzene rings is 2. The number of nitrogens with one attached hydrogen (secondary N) is 1. The number of carbonyl (C=O) groups excluding carboxylic acids is 1. The number of anilines is 1. The molecule has 2 aromatic rings. The van der Waals surface area contributed by atoms with Crippen LogP contribution in [-0.4, -0.2) is 78.9 Å². The molecule has 0 spiro atoms. The third-order valence-corrected chi connectivity index (χ3v) is 8.06. The molecular weight excluding hydrogens is 536 g/mol. The Balaban J connectivity index is 1.27. The van der Waals surface area contributed by atoms with Gasteiger partial charge in [-0.25, -0.2) is 0 Å². The maximum absolute atomic E-state index is 12.6. The van der Waals surface area contributed by atoms with E-state index in [1.807, 2.05) is 32.0 Å². The number of nitrogens with zero attached hydrogens (tertiary/aromatic N) is 2. The SMILES string of the molecule is Cc1cccc(C)c1NC(=O)CN1CCN(CC(O)C2COc3c(Cl)c(Cl)c(Cl)c(Cl)c3O2)CC1. The van der Waals surface area contributed by atoms with Gasteiger partial charge in [-0.1, -0.05) is 64.6 Å². The Hall–Kier alpha value is -1.45. The minimum atomic E-state index is -0.827. The van der Waals surface area contributed by atoms with E-state index in [-0.39, 0.29) is 44.1 Å². The van der Waals surface area contributed by atoms with E-state index in [0.717, 1.165) is 16.8 Å². The number of halogens is 4. The van der Waals surface area contributed by atoms with Crippen molar-refractivity contribution in [3.8, 4) is 11.5 Å². The molecule has 2 aliphatic rings. The van der Waals surface area contributed by atoms with Crippen LogP contribution in [0, 0.1) is 13.8 Å². The number of hydrogen-bond acceptors (Lipinski definition) is 6. The maximum Gasteiger partial charge on any atom is 0.238 e. The average molecular weight is 563 g/mol. The van der Waals surface area contributed by atoms with Crippen molar-refractivity contribution in [3.63, 3.8) is 0 Å². The van der Waals surface area contributed by atoms with Crippen LogP contribution in [0.15, 0.2) is 18.2 Å². The molecule has 1 saturated heterocycles. The second kappa shape index (κ2) is 11.3. The van der Waals surface area contributed by atoms with Crippen LogP contribution < -0.4 is 14.8 Å². The zero-order valence-corrected chi connectivity index (χ0v) is 22.4. The Kier molecular flexibility index (Phi) is 8.59. The van der Waals surface area contributed by atoms with Gasteiger partial charge in [0.1, 0.15) is 22.8 Å². The molecule has 11 heteroatoms. The predicted octanol–water partition coefficient (Wildman–Crippen LogP) is 4.67. The first-order valence-corrected chi connectivity index (χ1v) is 12.8. The molecule has 4 rings (SSSR count). The molecule has 2 N–H and O–H groups in total.